The molecule has 7 heteroatoms. The molecule has 2 aromatic rings. The molecule has 2 rings (SSSR count). The predicted molar refractivity (Wildman–Crippen MR) is 93.0 cm³/mol. The smallest absolute Gasteiger partial charge is 0.247 e. The number of amides is 1. The van der Waals surface area contributed by atoms with Gasteiger partial charge >= 0.3 is 0 Å². The van der Waals surface area contributed by atoms with Gasteiger partial charge in [0.25, 0.3) is 0 Å². The van der Waals surface area contributed by atoms with Crippen molar-refractivity contribution in [2.75, 3.05) is 15.9 Å². The number of sulfonamides is 1. The van der Waals surface area contributed by atoms with Crippen LogP contribution in [0.4, 0.5) is 15.8 Å². The van der Waals surface area contributed by atoms with E-state index in [4.69, 9.17) is 0 Å². The number of aryl methyl sites for hydroxylation is 1. The van der Waals surface area contributed by atoms with Crippen LogP contribution >= 0.6 is 0 Å². The topological polar surface area (TPSA) is 66.5 Å². The van der Waals surface area contributed by atoms with Crippen LogP contribution in [-0.2, 0) is 14.8 Å². The molecule has 0 aliphatic heterocycles. The minimum absolute atomic E-state index is 0.227. The zero-order valence-corrected chi connectivity index (χ0v) is 14.5. The first-order valence-corrected chi connectivity index (χ1v) is 9.16. The Kier molecular flexibility index (Phi) is 5.23. The fourth-order valence-electron chi connectivity index (χ4n) is 2.28. The lowest BCUT2D eigenvalue weighted by Crippen LogP contribution is -2.45. The van der Waals surface area contributed by atoms with Crippen molar-refractivity contribution in [2.45, 2.75) is 19.9 Å². The van der Waals surface area contributed by atoms with E-state index in [1.54, 1.807) is 12.1 Å². The summed E-state index contributed by atoms with van der Waals surface area (Å²) in [6.07, 6.45) is 1.01. The second-order valence-electron chi connectivity index (χ2n) is 5.57. The standard InChI is InChI=1S/C17H19FN2O3S/c1-12-4-8-15(9-5-12)19-17(21)13(2)20(24(3,22)23)16-10-6-14(18)7-11-16/h4-11,13H,1-3H3,(H,19,21)/t13-/m1/s1. The molecule has 0 radical (unpaired) electrons. The zero-order chi connectivity index (χ0) is 17.9. The highest BCUT2D eigenvalue weighted by Crippen LogP contribution is 2.22. The van der Waals surface area contributed by atoms with Crippen LogP contribution in [-0.4, -0.2) is 26.6 Å². The summed E-state index contributed by atoms with van der Waals surface area (Å²) in [6.45, 7) is 3.40. The van der Waals surface area contributed by atoms with Gasteiger partial charge in [0.15, 0.2) is 0 Å². The van der Waals surface area contributed by atoms with E-state index >= 15 is 0 Å². The average molecular weight is 350 g/mol. The fourth-order valence-corrected chi connectivity index (χ4v) is 3.46. The Labute approximate surface area is 141 Å². The second kappa shape index (κ2) is 7.00. The third kappa shape index (κ3) is 4.32. The van der Waals surface area contributed by atoms with Crippen molar-refractivity contribution >= 4 is 27.3 Å². The van der Waals surface area contributed by atoms with Gasteiger partial charge in [0, 0.05) is 5.69 Å². The van der Waals surface area contributed by atoms with Crippen LogP contribution in [0.2, 0.25) is 0 Å². The number of carbonyl (C=O) groups excluding carboxylic acids is 1. The lowest BCUT2D eigenvalue weighted by atomic mass is 10.2. The number of nitrogens with zero attached hydrogens (tertiary/aromatic N) is 1. The number of hydrogen-bond acceptors (Lipinski definition) is 3. The van der Waals surface area contributed by atoms with Gasteiger partial charge in [-0.1, -0.05) is 17.7 Å². The molecule has 0 heterocycles. The maximum absolute atomic E-state index is 13.1. The minimum atomic E-state index is -3.72. The number of benzene rings is 2. The van der Waals surface area contributed by atoms with E-state index in [-0.39, 0.29) is 5.69 Å². The Morgan fingerprint density at radius 1 is 1.08 bits per heavy atom. The Bertz CT molecular complexity index is 818. The lowest BCUT2D eigenvalue weighted by Gasteiger charge is -2.28. The average Bonchev–Trinajstić information content (AvgIpc) is 2.50. The van der Waals surface area contributed by atoms with Crippen molar-refractivity contribution in [1.29, 1.82) is 0 Å². The van der Waals surface area contributed by atoms with Crippen molar-refractivity contribution < 1.29 is 17.6 Å². The minimum Gasteiger partial charge on any atom is -0.324 e. The zero-order valence-electron chi connectivity index (χ0n) is 13.7. The molecule has 0 saturated carbocycles. The third-order valence-corrected chi connectivity index (χ3v) is 4.73. The van der Waals surface area contributed by atoms with Crippen LogP contribution in [0.1, 0.15) is 12.5 Å². The molecule has 0 bridgehead atoms. The molecule has 128 valence electrons. The van der Waals surface area contributed by atoms with Crippen LogP contribution in [0.3, 0.4) is 0 Å². The molecule has 0 fully saturated rings. The number of rotatable bonds is 5. The van der Waals surface area contributed by atoms with Gasteiger partial charge in [0.1, 0.15) is 11.9 Å². The van der Waals surface area contributed by atoms with E-state index < -0.39 is 27.8 Å². The fraction of sp³-hybridized carbons (Fsp3) is 0.235. The van der Waals surface area contributed by atoms with E-state index in [2.05, 4.69) is 5.32 Å². The van der Waals surface area contributed by atoms with Gasteiger partial charge in [0.05, 0.1) is 11.9 Å². The van der Waals surface area contributed by atoms with Gasteiger partial charge in [0.2, 0.25) is 15.9 Å². The molecule has 24 heavy (non-hydrogen) atoms. The molecule has 1 amide bonds. The van der Waals surface area contributed by atoms with Crippen LogP contribution in [0.5, 0.6) is 0 Å². The molecule has 0 aliphatic rings. The Morgan fingerprint density at radius 2 is 1.62 bits per heavy atom. The summed E-state index contributed by atoms with van der Waals surface area (Å²) in [5.41, 5.74) is 1.85. The van der Waals surface area contributed by atoms with E-state index in [1.165, 1.54) is 19.1 Å². The largest absolute Gasteiger partial charge is 0.324 e. The van der Waals surface area contributed by atoms with Gasteiger partial charge in [-0.15, -0.1) is 0 Å². The van der Waals surface area contributed by atoms with Gasteiger partial charge in [-0.3, -0.25) is 9.10 Å². The van der Waals surface area contributed by atoms with E-state index in [0.29, 0.717) is 5.69 Å². The van der Waals surface area contributed by atoms with Gasteiger partial charge < -0.3 is 5.32 Å². The summed E-state index contributed by atoms with van der Waals surface area (Å²) in [5, 5.41) is 2.68. The maximum Gasteiger partial charge on any atom is 0.247 e. The van der Waals surface area contributed by atoms with Crippen LogP contribution in [0.25, 0.3) is 0 Å². The summed E-state index contributed by atoms with van der Waals surface area (Å²) in [6, 6.07) is 11.1. The second-order valence-corrected chi connectivity index (χ2v) is 7.43. The van der Waals surface area contributed by atoms with Crippen LogP contribution in [0, 0.1) is 12.7 Å². The Balaban J connectivity index is 2.27. The highest BCUT2D eigenvalue weighted by Gasteiger charge is 2.29. The molecule has 0 saturated heterocycles. The summed E-state index contributed by atoms with van der Waals surface area (Å²) in [5.74, 6) is -0.961. The summed E-state index contributed by atoms with van der Waals surface area (Å²) in [4.78, 5) is 12.4. The molecule has 0 spiro atoms. The summed E-state index contributed by atoms with van der Waals surface area (Å²) in [7, 11) is -3.72. The number of nitrogens with one attached hydrogen (secondary N) is 1. The van der Waals surface area contributed by atoms with Crippen molar-refractivity contribution in [3.8, 4) is 0 Å². The predicted octanol–water partition coefficient (Wildman–Crippen LogP) is 2.93. The number of anilines is 2. The van der Waals surface area contributed by atoms with Crippen molar-refractivity contribution in [3.63, 3.8) is 0 Å². The molecule has 0 aliphatic carbocycles. The lowest BCUT2D eigenvalue weighted by molar-refractivity contribution is -0.116. The first-order valence-electron chi connectivity index (χ1n) is 7.31. The molecule has 2 aromatic carbocycles. The van der Waals surface area contributed by atoms with E-state index in [9.17, 15) is 17.6 Å². The highest BCUT2D eigenvalue weighted by atomic mass is 32.2. The molecule has 0 unspecified atom stereocenters. The molecular weight excluding hydrogens is 331 g/mol. The van der Waals surface area contributed by atoms with E-state index in [1.807, 2.05) is 19.1 Å². The maximum atomic E-state index is 13.1. The highest BCUT2D eigenvalue weighted by molar-refractivity contribution is 7.92. The monoisotopic (exact) mass is 350 g/mol. The molecule has 5 nitrogen and oxygen atoms in total. The number of hydrogen-bond donors (Lipinski definition) is 1. The number of carbonyl (C=O) groups is 1. The van der Waals surface area contributed by atoms with Crippen molar-refractivity contribution in [1.82, 2.24) is 0 Å². The van der Waals surface area contributed by atoms with Gasteiger partial charge in [-0.05, 0) is 50.2 Å². The van der Waals surface area contributed by atoms with Crippen LogP contribution < -0.4 is 9.62 Å². The summed E-state index contributed by atoms with van der Waals surface area (Å²) < 4.78 is 38.3. The molecule has 1 atom stereocenters. The number of halogens is 1. The molecular formula is C17H19FN2O3S. The first-order chi connectivity index (χ1) is 11.2. The Hall–Kier alpha value is -2.41. The SMILES string of the molecule is Cc1ccc(NC(=O)[C@@H](C)N(c2ccc(F)cc2)S(C)(=O)=O)cc1. The van der Waals surface area contributed by atoms with Gasteiger partial charge in [-0.2, -0.15) is 0 Å². The Morgan fingerprint density at radius 3 is 2.12 bits per heavy atom. The van der Waals surface area contributed by atoms with Crippen LogP contribution in [0.15, 0.2) is 48.5 Å². The molecule has 0 aromatic heterocycles. The van der Waals surface area contributed by atoms with Crippen molar-refractivity contribution in [3.05, 3.63) is 59.9 Å². The first kappa shape index (κ1) is 17.9. The normalized spacial score (nSPS) is 12.5. The summed E-state index contributed by atoms with van der Waals surface area (Å²) >= 11 is 0. The van der Waals surface area contributed by atoms with E-state index in [0.717, 1.165) is 28.3 Å². The third-order valence-electron chi connectivity index (χ3n) is 3.49. The van der Waals surface area contributed by atoms with Gasteiger partial charge in [-0.25, -0.2) is 12.8 Å². The quantitative estimate of drug-likeness (QED) is 0.902. The van der Waals surface area contributed by atoms with Crippen molar-refractivity contribution in [2.24, 2.45) is 0 Å². The molecule has 1 N–H and O–H groups in total.